The molecule has 0 atom stereocenters. The number of nitrogens with one attached hydrogen (secondary N) is 1. The van der Waals surface area contributed by atoms with Crippen LogP contribution in [0.15, 0.2) is 53.9 Å². The Balaban J connectivity index is 1.81. The normalized spacial score (nSPS) is 14.4. The van der Waals surface area contributed by atoms with E-state index in [-0.39, 0.29) is 5.91 Å². The van der Waals surface area contributed by atoms with E-state index in [4.69, 9.17) is 0 Å². The van der Waals surface area contributed by atoms with Crippen LogP contribution in [0.3, 0.4) is 0 Å². The molecule has 0 bridgehead atoms. The molecule has 2 aromatic rings. The molecule has 27 heavy (non-hydrogen) atoms. The van der Waals surface area contributed by atoms with E-state index in [0.717, 1.165) is 28.6 Å². The summed E-state index contributed by atoms with van der Waals surface area (Å²) in [5, 5.41) is 1.15. The van der Waals surface area contributed by atoms with Gasteiger partial charge in [0.15, 0.2) is 0 Å². The Kier molecular flexibility index (Phi) is 5.11. The van der Waals surface area contributed by atoms with Crippen LogP contribution in [0.25, 0.3) is 6.08 Å². The summed E-state index contributed by atoms with van der Waals surface area (Å²) in [4.78, 5) is 14.4. The van der Waals surface area contributed by atoms with Gasteiger partial charge in [-0.3, -0.25) is 9.52 Å². The van der Waals surface area contributed by atoms with Gasteiger partial charge in [0, 0.05) is 17.6 Å². The number of carbonyl (C=O) groups is 1. The Hall–Kier alpha value is -2.60. The Labute approximate surface area is 160 Å². The van der Waals surface area contributed by atoms with Crippen molar-refractivity contribution in [2.24, 2.45) is 5.41 Å². The number of benzene rings is 2. The topological polar surface area (TPSA) is 66.5 Å². The molecule has 0 aliphatic carbocycles. The van der Waals surface area contributed by atoms with Crippen LogP contribution in [0.1, 0.15) is 31.9 Å². The standard InChI is InChI=1S/C21H24N2O3S/c1-21(2,3)20(24)23-13-11-17-9-10-18(15-19(17)23)22-27(25,26)14-12-16-7-5-4-6-8-16/h4-10,12,14-15,22H,11,13H2,1-3H3/b14-12+. The minimum Gasteiger partial charge on any atom is -0.311 e. The monoisotopic (exact) mass is 384 g/mol. The Morgan fingerprint density at radius 2 is 1.81 bits per heavy atom. The highest BCUT2D eigenvalue weighted by atomic mass is 32.2. The predicted molar refractivity (Wildman–Crippen MR) is 110 cm³/mol. The van der Waals surface area contributed by atoms with Crippen LogP contribution in [0.5, 0.6) is 0 Å². The highest BCUT2D eigenvalue weighted by molar-refractivity contribution is 7.95. The number of anilines is 2. The molecule has 142 valence electrons. The second kappa shape index (κ2) is 7.19. The van der Waals surface area contributed by atoms with Crippen molar-refractivity contribution in [3.63, 3.8) is 0 Å². The first-order valence-corrected chi connectivity index (χ1v) is 10.4. The van der Waals surface area contributed by atoms with E-state index in [1.165, 1.54) is 0 Å². The van der Waals surface area contributed by atoms with Gasteiger partial charge >= 0.3 is 0 Å². The number of hydrogen-bond donors (Lipinski definition) is 1. The average Bonchev–Trinajstić information content (AvgIpc) is 3.02. The van der Waals surface area contributed by atoms with Gasteiger partial charge in [-0.25, -0.2) is 8.42 Å². The number of carbonyl (C=O) groups excluding carboxylic acids is 1. The highest BCUT2D eigenvalue weighted by Crippen LogP contribution is 2.34. The molecule has 0 aromatic heterocycles. The minimum absolute atomic E-state index is 0.0326. The van der Waals surface area contributed by atoms with Crippen LogP contribution in [0.4, 0.5) is 11.4 Å². The lowest BCUT2D eigenvalue weighted by Crippen LogP contribution is -2.38. The zero-order valence-electron chi connectivity index (χ0n) is 15.8. The van der Waals surface area contributed by atoms with Crippen molar-refractivity contribution in [3.8, 4) is 0 Å². The van der Waals surface area contributed by atoms with E-state index in [2.05, 4.69) is 4.72 Å². The third-order valence-corrected chi connectivity index (χ3v) is 5.38. The molecule has 0 radical (unpaired) electrons. The van der Waals surface area contributed by atoms with Gasteiger partial charge in [0.25, 0.3) is 10.0 Å². The minimum atomic E-state index is -3.65. The summed E-state index contributed by atoms with van der Waals surface area (Å²) < 4.78 is 27.3. The van der Waals surface area contributed by atoms with Crippen LogP contribution in [0.2, 0.25) is 0 Å². The van der Waals surface area contributed by atoms with Crippen LogP contribution >= 0.6 is 0 Å². The quantitative estimate of drug-likeness (QED) is 0.865. The second-order valence-corrected chi connectivity index (χ2v) is 9.23. The lowest BCUT2D eigenvalue weighted by Gasteiger charge is -2.26. The molecule has 3 rings (SSSR count). The first kappa shape index (κ1) is 19.2. The van der Waals surface area contributed by atoms with Gasteiger partial charge in [0.2, 0.25) is 5.91 Å². The van der Waals surface area contributed by atoms with E-state index < -0.39 is 15.4 Å². The Bertz CT molecular complexity index is 974. The molecule has 0 fully saturated rings. The van der Waals surface area contributed by atoms with Gasteiger partial charge in [-0.15, -0.1) is 0 Å². The lowest BCUT2D eigenvalue weighted by molar-refractivity contribution is -0.125. The lowest BCUT2D eigenvalue weighted by atomic mass is 9.94. The first-order chi connectivity index (χ1) is 12.7. The van der Waals surface area contributed by atoms with Crippen LogP contribution in [-0.2, 0) is 21.2 Å². The molecule has 1 aliphatic heterocycles. The fourth-order valence-electron chi connectivity index (χ4n) is 2.99. The van der Waals surface area contributed by atoms with E-state index in [0.29, 0.717) is 12.2 Å². The molecular formula is C21H24N2O3S. The number of hydrogen-bond acceptors (Lipinski definition) is 3. The molecule has 0 spiro atoms. The molecular weight excluding hydrogens is 360 g/mol. The maximum Gasteiger partial charge on any atom is 0.255 e. The van der Waals surface area contributed by atoms with Crippen LogP contribution in [-0.4, -0.2) is 20.9 Å². The number of nitrogens with zero attached hydrogens (tertiary/aromatic N) is 1. The molecule has 1 aliphatic rings. The SMILES string of the molecule is CC(C)(C)C(=O)N1CCc2ccc(NS(=O)(=O)/C=C/c3ccccc3)cc21. The van der Waals surface area contributed by atoms with E-state index in [1.54, 1.807) is 23.1 Å². The number of amides is 1. The summed E-state index contributed by atoms with van der Waals surface area (Å²) >= 11 is 0. The Morgan fingerprint density at radius 1 is 1.11 bits per heavy atom. The summed E-state index contributed by atoms with van der Waals surface area (Å²) in [5.74, 6) is 0.0326. The maximum absolute atomic E-state index is 12.7. The fourth-order valence-corrected chi connectivity index (χ4v) is 3.85. The third kappa shape index (κ3) is 4.57. The maximum atomic E-state index is 12.7. The van der Waals surface area contributed by atoms with Crippen molar-refractivity contribution < 1.29 is 13.2 Å². The largest absolute Gasteiger partial charge is 0.311 e. The molecule has 1 N–H and O–H groups in total. The summed E-state index contributed by atoms with van der Waals surface area (Å²) in [5.41, 5.74) is 2.59. The number of sulfonamides is 1. The molecule has 1 heterocycles. The van der Waals surface area contributed by atoms with E-state index in [9.17, 15) is 13.2 Å². The average molecular weight is 385 g/mol. The van der Waals surface area contributed by atoms with Crippen LogP contribution in [0, 0.1) is 5.41 Å². The molecule has 1 amide bonds. The molecule has 0 saturated heterocycles. The van der Waals surface area contributed by atoms with E-state index >= 15 is 0 Å². The van der Waals surface area contributed by atoms with Gasteiger partial charge in [-0.2, -0.15) is 0 Å². The van der Waals surface area contributed by atoms with Crippen LogP contribution < -0.4 is 9.62 Å². The third-order valence-electron chi connectivity index (χ3n) is 4.37. The fraction of sp³-hybridized carbons (Fsp3) is 0.286. The summed E-state index contributed by atoms with van der Waals surface area (Å²) in [6.45, 7) is 6.27. The zero-order valence-corrected chi connectivity index (χ0v) is 16.6. The highest BCUT2D eigenvalue weighted by Gasteiger charge is 2.32. The molecule has 0 saturated carbocycles. The summed E-state index contributed by atoms with van der Waals surface area (Å²) in [6, 6.07) is 14.6. The van der Waals surface area contributed by atoms with Crippen molar-refractivity contribution in [1.82, 2.24) is 0 Å². The van der Waals surface area contributed by atoms with Gasteiger partial charge < -0.3 is 4.90 Å². The van der Waals surface area contributed by atoms with Gasteiger partial charge in [0.1, 0.15) is 0 Å². The van der Waals surface area contributed by atoms with Crippen molar-refractivity contribution in [1.29, 1.82) is 0 Å². The molecule has 6 heteroatoms. The first-order valence-electron chi connectivity index (χ1n) is 8.87. The van der Waals surface area contributed by atoms with E-state index in [1.807, 2.05) is 57.2 Å². The van der Waals surface area contributed by atoms with Crippen molar-refractivity contribution in [2.75, 3.05) is 16.2 Å². The molecule has 5 nitrogen and oxygen atoms in total. The summed E-state index contributed by atoms with van der Waals surface area (Å²) in [7, 11) is -3.65. The van der Waals surface area contributed by atoms with Crippen molar-refractivity contribution in [2.45, 2.75) is 27.2 Å². The Morgan fingerprint density at radius 3 is 2.48 bits per heavy atom. The smallest absolute Gasteiger partial charge is 0.255 e. The van der Waals surface area contributed by atoms with Gasteiger partial charge in [0.05, 0.1) is 11.1 Å². The van der Waals surface area contributed by atoms with Gasteiger partial charge in [-0.1, -0.05) is 57.2 Å². The molecule has 0 unspecified atom stereocenters. The zero-order chi connectivity index (χ0) is 19.7. The number of fused-ring (bicyclic) bond motifs is 1. The number of rotatable bonds is 4. The van der Waals surface area contributed by atoms with Crippen molar-refractivity contribution >= 4 is 33.4 Å². The second-order valence-electron chi connectivity index (χ2n) is 7.66. The van der Waals surface area contributed by atoms with Crippen molar-refractivity contribution in [3.05, 3.63) is 65.1 Å². The van der Waals surface area contributed by atoms with Gasteiger partial charge in [-0.05, 0) is 35.8 Å². The predicted octanol–water partition coefficient (Wildman–Crippen LogP) is 4.03. The summed E-state index contributed by atoms with van der Waals surface area (Å²) in [6.07, 6.45) is 2.32. The molecule has 2 aromatic carbocycles.